The van der Waals surface area contributed by atoms with E-state index in [1.54, 1.807) is 36.6 Å². The number of anilines is 1. The number of nitrogens with zero attached hydrogens (tertiary/aromatic N) is 2. The molecule has 0 saturated carbocycles. The molecule has 1 aliphatic rings. The fraction of sp³-hybridized carbons (Fsp3) is 0.125. The highest BCUT2D eigenvalue weighted by molar-refractivity contribution is 6.05. The minimum absolute atomic E-state index is 0.0157. The first-order valence-corrected chi connectivity index (χ1v) is 9.35. The monoisotopic (exact) mass is 416 g/mol. The van der Waals surface area contributed by atoms with Crippen molar-refractivity contribution < 1.29 is 23.8 Å². The molecule has 2 aromatic rings. The van der Waals surface area contributed by atoms with E-state index in [2.05, 4.69) is 6.07 Å². The van der Waals surface area contributed by atoms with Crippen molar-refractivity contribution in [3.8, 4) is 11.8 Å². The maximum atomic E-state index is 12.6. The van der Waals surface area contributed by atoms with E-state index in [1.807, 2.05) is 30.3 Å². The Morgan fingerprint density at radius 1 is 1.00 bits per heavy atom. The van der Waals surface area contributed by atoms with Gasteiger partial charge in [0.15, 0.2) is 0 Å². The second kappa shape index (κ2) is 9.94. The van der Waals surface area contributed by atoms with Crippen LogP contribution in [0.15, 0.2) is 84.2 Å². The summed E-state index contributed by atoms with van der Waals surface area (Å²) < 4.78 is 15.6. The number of esters is 2. The van der Waals surface area contributed by atoms with Crippen molar-refractivity contribution >= 4 is 17.6 Å². The number of methoxy groups -OCH3 is 2. The van der Waals surface area contributed by atoms with Crippen LogP contribution in [-0.2, 0) is 25.7 Å². The average Bonchev–Trinajstić information content (AvgIpc) is 3.05. The summed E-state index contributed by atoms with van der Waals surface area (Å²) in [6.45, 7) is 0.267. The minimum atomic E-state index is -0.715. The van der Waals surface area contributed by atoms with Crippen molar-refractivity contribution in [2.24, 2.45) is 0 Å². The van der Waals surface area contributed by atoms with Gasteiger partial charge in [-0.05, 0) is 29.8 Å². The molecule has 0 bridgehead atoms. The van der Waals surface area contributed by atoms with Crippen molar-refractivity contribution in [2.75, 3.05) is 19.1 Å². The van der Waals surface area contributed by atoms with Crippen molar-refractivity contribution in [3.05, 3.63) is 95.4 Å². The first-order valence-electron chi connectivity index (χ1n) is 9.35. The molecule has 0 aliphatic carbocycles. The zero-order valence-electron chi connectivity index (χ0n) is 17.1. The lowest BCUT2D eigenvalue weighted by atomic mass is 10.1. The lowest BCUT2D eigenvalue weighted by molar-refractivity contribution is -0.139. The number of hydrogen-bond donors (Lipinski definition) is 0. The number of rotatable bonds is 6. The Morgan fingerprint density at radius 2 is 1.74 bits per heavy atom. The van der Waals surface area contributed by atoms with Crippen LogP contribution < -0.4 is 9.64 Å². The molecule has 156 valence electrons. The smallest absolute Gasteiger partial charge is 0.355 e. The Hall–Kier alpha value is -4.31. The van der Waals surface area contributed by atoms with Crippen molar-refractivity contribution in [1.29, 1.82) is 5.26 Å². The molecular weight excluding hydrogens is 396 g/mol. The Kier molecular flexibility index (Phi) is 6.86. The summed E-state index contributed by atoms with van der Waals surface area (Å²) in [6, 6.07) is 16.5. The van der Waals surface area contributed by atoms with Gasteiger partial charge in [-0.2, -0.15) is 5.26 Å². The standard InChI is InChI=1S/C24H20N2O5/c1-29-23(27)20-10-6-7-13-26(22(20)24(28)30-2)19-12-11-18(15-25)21(14-19)31-16-17-8-4-3-5-9-17/h3-14H,16H2,1-2H3. The molecule has 2 aromatic carbocycles. The van der Waals surface area contributed by atoms with Gasteiger partial charge in [0.2, 0.25) is 0 Å². The lowest BCUT2D eigenvalue weighted by Gasteiger charge is -2.23. The molecule has 0 unspecified atom stereocenters. The van der Waals surface area contributed by atoms with Crippen molar-refractivity contribution in [3.63, 3.8) is 0 Å². The Labute approximate surface area is 180 Å². The normalized spacial score (nSPS) is 12.7. The average molecular weight is 416 g/mol. The predicted molar refractivity (Wildman–Crippen MR) is 114 cm³/mol. The van der Waals surface area contributed by atoms with Crippen LogP contribution in [-0.4, -0.2) is 26.2 Å². The van der Waals surface area contributed by atoms with Gasteiger partial charge in [-0.3, -0.25) is 0 Å². The van der Waals surface area contributed by atoms with E-state index >= 15 is 0 Å². The van der Waals surface area contributed by atoms with Gasteiger partial charge in [-0.25, -0.2) is 9.59 Å². The van der Waals surface area contributed by atoms with Crippen LogP contribution in [0.5, 0.6) is 5.75 Å². The van der Waals surface area contributed by atoms with Crippen LogP contribution in [0.3, 0.4) is 0 Å². The van der Waals surface area contributed by atoms with Crippen molar-refractivity contribution in [1.82, 2.24) is 0 Å². The molecule has 7 nitrogen and oxygen atoms in total. The van der Waals surface area contributed by atoms with E-state index in [0.717, 1.165) is 5.56 Å². The fourth-order valence-electron chi connectivity index (χ4n) is 2.97. The summed E-state index contributed by atoms with van der Waals surface area (Å²) in [6.07, 6.45) is 6.37. The van der Waals surface area contributed by atoms with Gasteiger partial charge in [0.25, 0.3) is 0 Å². The summed E-state index contributed by atoms with van der Waals surface area (Å²) >= 11 is 0. The van der Waals surface area contributed by atoms with E-state index in [0.29, 0.717) is 17.0 Å². The van der Waals surface area contributed by atoms with Crippen LogP contribution >= 0.6 is 0 Å². The third-order valence-electron chi connectivity index (χ3n) is 4.49. The first-order chi connectivity index (χ1) is 15.1. The molecule has 0 N–H and O–H groups in total. The van der Waals surface area contributed by atoms with Gasteiger partial charge in [0.1, 0.15) is 24.1 Å². The van der Waals surface area contributed by atoms with E-state index < -0.39 is 11.9 Å². The molecule has 7 heteroatoms. The maximum absolute atomic E-state index is 12.6. The highest BCUT2D eigenvalue weighted by atomic mass is 16.5. The quantitative estimate of drug-likeness (QED) is 0.665. The van der Waals surface area contributed by atoms with Crippen LogP contribution in [0.2, 0.25) is 0 Å². The highest BCUT2D eigenvalue weighted by Crippen LogP contribution is 2.31. The van der Waals surface area contributed by atoms with Gasteiger partial charge >= 0.3 is 11.9 Å². The number of ether oxygens (including phenoxy) is 3. The van der Waals surface area contributed by atoms with Gasteiger partial charge in [0, 0.05) is 18.0 Å². The number of allylic oxidation sites excluding steroid dienone is 2. The SMILES string of the molecule is COC(=O)C1=C(C(=O)OC)N(c2ccc(C#N)c(OCc3ccccc3)c2)C=CC=C1. The molecule has 0 fully saturated rings. The van der Waals surface area contributed by atoms with E-state index in [9.17, 15) is 14.9 Å². The summed E-state index contributed by atoms with van der Waals surface area (Å²) in [5.74, 6) is -1.05. The van der Waals surface area contributed by atoms with E-state index in [1.165, 1.54) is 25.2 Å². The molecule has 0 amide bonds. The molecule has 0 atom stereocenters. The number of hydrogen-bond acceptors (Lipinski definition) is 7. The number of benzene rings is 2. The maximum Gasteiger partial charge on any atom is 0.355 e. The third-order valence-corrected chi connectivity index (χ3v) is 4.49. The second-order valence-electron chi connectivity index (χ2n) is 6.38. The number of carbonyl (C=O) groups excluding carboxylic acids is 2. The third kappa shape index (κ3) is 4.82. The van der Waals surface area contributed by atoms with Gasteiger partial charge in [-0.15, -0.1) is 0 Å². The number of carbonyl (C=O) groups is 2. The Balaban J connectivity index is 2.04. The summed E-state index contributed by atoms with van der Waals surface area (Å²) in [5.41, 5.74) is 1.81. The van der Waals surface area contributed by atoms with Crippen LogP contribution in [0, 0.1) is 11.3 Å². The zero-order valence-corrected chi connectivity index (χ0v) is 17.1. The minimum Gasteiger partial charge on any atom is -0.487 e. The second-order valence-corrected chi connectivity index (χ2v) is 6.38. The molecular formula is C24H20N2O5. The zero-order chi connectivity index (χ0) is 22.2. The predicted octanol–water partition coefficient (Wildman–Crippen LogP) is 3.63. The Morgan fingerprint density at radius 3 is 2.42 bits per heavy atom. The summed E-state index contributed by atoms with van der Waals surface area (Å²) in [5, 5.41) is 9.47. The highest BCUT2D eigenvalue weighted by Gasteiger charge is 2.27. The largest absolute Gasteiger partial charge is 0.487 e. The molecule has 0 saturated heterocycles. The van der Waals surface area contributed by atoms with Crippen LogP contribution in [0.1, 0.15) is 11.1 Å². The van der Waals surface area contributed by atoms with Crippen molar-refractivity contribution in [2.45, 2.75) is 6.61 Å². The van der Waals surface area contributed by atoms with Crippen LogP contribution in [0.25, 0.3) is 0 Å². The molecule has 1 heterocycles. The molecule has 0 radical (unpaired) electrons. The van der Waals surface area contributed by atoms with Gasteiger partial charge in [0.05, 0.1) is 25.4 Å². The lowest BCUT2D eigenvalue weighted by Crippen LogP contribution is -2.27. The molecule has 1 aliphatic heterocycles. The van der Waals surface area contributed by atoms with E-state index in [4.69, 9.17) is 14.2 Å². The Bertz CT molecular complexity index is 1110. The topological polar surface area (TPSA) is 88.9 Å². The molecule has 3 rings (SSSR count). The summed E-state index contributed by atoms with van der Waals surface area (Å²) in [4.78, 5) is 26.4. The molecule has 31 heavy (non-hydrogen) atoms. The van der Waals surface area contributed by atoms with Crippen LogP contribution in [0.4, 0.5) is 5.69 Å². The first kappa shape index (κ1) is 21.4. The number of nitriles is 1. The van der Waals surface area contributed by atoms with E-state index in [-0.39, 0.29) is 17.9 Å². The molecule has 0 aromatic heterocycles. The summed E-state index contributed by atoms with van der Waals surface area (Å²) in [7, 11) is 2.46. The van der Waals surface area contributed by atoms with Gasteiger partial charge < -0.3 is 19.1 Å². The molecule has 0 spiro atoms. The van der Waals surface area contributed by atoms with Gasteiger partial charge in [-0.1, -0.05) is 36.4 Å². The fourth-order valence-corrected chi connectivity index (χ4v) is 2.97.